The fraction of sp³-hybridized carbons (Fsp3) is 0.800. The normalized spacial score (nSPS) is 44.7. The number of hydrogen-bond donors (Lipinski definition) is 1. The number of oxime groups is 1. The summed E-state index contributed by atoms with van der Waals surface area (Å²) in [6, 6.07) is 0. The minimum Gasteiger partial charge on any atom is -0.411 e. The number of Topliss-reactive ketones (excluding diaryl/α,β-unsaturated/α-hetero) is 1. The Morgan fingerprint density at radius 2 is 2.08 bits per heavy atom. The topological polar surface area (TPSA) is 49.7 Å². The van der Waals surface area contributed by atoms with Crippen LogP contribution in [0.5, 0.6) is 0 Å². The first kappa shape index (κ1) is 8.73. The molecule has 13 heavy (non-hydrogen) atoms. The Labute approximate surface area is 77.8 Å². The molecule has 2 aliphatic rings. The van der Waals surface area contributed by atoms with Gasteiger partial charge in [0.2, 0.25) is 0 Å². The monoisotopic (exact) mass is 181 g/mol. The second-order valence-corrected chi connectivity index (χ2v) is 4.96. The van der Waals surface area contributed by atoms with Crippen LogP contribution in [0.1, 0.15) is 33.6 Å². The third-order valence-corrected chi connectivity index (χ3v) is 4.40. The predicted molar refractivity (Wildman–Crippen MR) is 48.8 cm³/mol. The second kappa shape index (κ2) is 2.14. The molecule has 0 amide bonds. The van der Waals surface area contributed by atoms with Gasteiger partial charge in [-0.15, -0.1) is 0 Å². The first-order valence-electron chi connectivity index (χ1n) is 4.72. The third kappa shape index (κ3) is 0.713. The van der Waals surface area contributed by atoms with E-state index in [4.69, 9.17) is 5.21 Å². The SMILES string of the molecule is CC1(C)[C@@H]2CC[C@@]1(C)C(=O)C2=NO. The Morgan fingerprint density at radius 1 is 1.46 bits per heavy atom. The van der Waals surface area contributed by atoms with Gasteiger partial charge in [0.25, 0.3) is 0 Å². The van der Waals surface area contributed by atoms with Crippen molar-refractivity contribution < 1.29 is 10.0 Å². The zero-order chi connectivity index (χ0) is 9.85. The number of nitrogens with zero attached hydrogens (tertiary/aromatic N) is 1. The van der Waals surface area contributed by atoms with E-state index in [1.165, 1.54) is 0 Å². The Morgan fingerprint density at radius 3 is 2.38 bits per heavy atom. The van der Waals surface area contributed by atoms with Gasteiger partial charge in [0, 0.05) is 11.3 Å². The molecular formula is C10H15NO2. The van der Waals surface area contributed by atoms with E-state index in [-0.39, 0.29) is 22.5 Å². The van der Waals surface area contributed by atoms with E-state index in [0.717, 1.165) is 12.8 Å². The summed E-state index contributed by atoms with van der Waals surface area (Å²) in [5.41, 5.74) is 0.0731. The van der Waals surface area contributed by atoms with Gasteiger partial charge in [-0.3, -0.25) is 4.79 Å². The lowest BCUT2D eigenvalue weighted by Crippen LogP contribution is -2.33. The van der Waals surface area contributed by atoms with Crippen LogP contribution in [0.4, 0.5) is 0 Å². The minimum absolute atomic E-state index is 0.0361. The van der Waals surface area contributed by atoms with Gasteiger partial charge in [-0.2, -0.15) is 0 Å². The summed E-state index contributed by atoms with van der Waals surface area (Å²) in [6.45, 7) is 6.19. The van der Waals surface area contributed by atoms with Crippen LogP contribution in [0, 0.1) is 16.7 Å². The molecule has 0 aliphatic heterocycles. The van der Waals surface area contributed by atoms with Crippen LogP contribution in [0.2, 0.25) is 0 Å². The Balaban J connectivity index is 2.57. The highest BCUT2D eigenvalue weighted by Gasteiger charge is 2.65. The van der Waals surface area contributed by atoms with Crippen LogP contribution in [-0.4, -0.2) is 16.7 Å². The maximum Gasteiger partial charge on any atom is 0.187 e. The van der Waals surface area contributed by atoms with Crippen LogP contribution in [0.25, 0.3) is 0 Å². The summed E-state index contributed by atoms with van der Waals surface area (Å²) in [7, 11) is 0. The Bertz CT molecular complexity index is 306. The van der Waals surface area contributed by atoms with Gasteiger partial charge in [-0.1, -0.05) is 25.9 Å². The summed E-state index contributed by atoms with van der Waals surface area (Å²) in [5, 5.41) is 11.9. The molecule has 2 fully saturated rings. The van der Waals surface area contributed by atoms with Crippen molar-refractivity contribution in [2.45, 2.75) is 33.6 Å². The Kier molecular flexibility index (Phi) is 1.44. The van der Waals surface area contributed by atoms with Crippen molar-refractivity contribution >= 4 is 11.5 Å². The van der Waals surface area contributed by atoms with Crippen LogP contribution in [0.3, 0.4) is 0 Å². The van der Waals surface area contributed by atoms with Crippen LogP contribution in [-0.2, 0) is 4.79 Å². The van der Waals surface area contributed by atoms with Gasteiger partial charge in [-0.25, -0.2) is 0 Å². The van der Waals surface area contributed by atoms with E-state index in [1.807, 2.05) is 6.92 Å². The van der Waals surface area contributed by atoms with Gasteiger partial charge in [0.05, 0.1) is 0 Å². The average Bonchev–Trinajstić information content (AvgIpc) is 2.36. The summed E-state index contributed by atoms with van der Waals surface area (Å²) in [5.74, 6) is 0.214. The molecule has 2 saturated carbocycles. The van der Waals surface area contributed by atoms with Gasteiger partial charge in [-0.05, 0) is 18.3 Å². The molecule has 2 rings (SSSR count). The van der Waals surface area contributed by atoms with E-state index >= 15 is 0 Å². The zero-order valence-corrected chi connectivity index (χ0v) is 8.29. The van der Waals surface area contributed by atoms with Gasteiger partial charge < -0.3 is 5.21 Å². The highest BCUT2D eigenvalue weighted by molar-refractivity contribution is 6.45. The standard InChI is InChI=1S/C10H15NO2/c1-9(2)6-4-5-10(9,3)8(12)7(6)11-13/h6,13H,4-5H2,1-3H3/t6-,10+/m1/s1. The molecule has 3 heteroatoms. The molecule has 3 nitrogen and oxygen atoms in total. The minimum atomic E-state index is -0.292. The smallest absolute Gasteiger partial charge is 0.187 e. The average molecular weight is 181 g/mol. The van der Waals surface area contributed by atoms with E-state index in [9.17, 15) is 4.79 Å². The summed E-state index contributed by atoms with van der Waals surface area (Å²) in [4.78, 5) is 11.8. The molecule has 72 valence electrons. The zero-order valence-electron chi connectivity index (χ0n) is 8.29. The summed E-state index contributed by atoms with van der Waals surface area (Å²) < 4.78 is 0. The van der Waals surface area contributed by atoms with Gasteiger partial charge in [0.15, 0.2) is 5.78 Å². The highest BCUT2D eigenvalue weighted by Crippen LogP contribution is 2.62. The number of rotatable bonds is 0. The van der Waals surface area contributed by atoms with E-state index < -0.39 is 0 Å². The van der Waals surface area contributed by atoms with Crippen molar-refractivity contribution in [2.75, 3.05) is 0 Å². The van der Waals surface area contributed by atoms with Gasteiger partial charge >= 0.3 is 0 Å². The number of fused-ring (bicyclic) bond motifs is 2. The third-order valence-electron chi connectivity index (χ3n) is 4.40. The number of hydrogen-bond acceptors (Lipinski definition) is 3. The van der Waals surface area contributed by atoms with Crippen molar-refractivity contribution in [3.05, 3.63) is 0 Å². The lowest BCUT2D eigenvalue weighted by molar-refractivity contribution is -0.123. The van der Waals surface area contributed by atoms with Crippen LogP contribution < -0.4 is 0 Å². The molecule has 0 radical (unpaired) electrons. The number of carbonyl (C=O) groups is 1. The maximum absolute atomic E-state index is 11.8. The highest BCUT2D eigenvalue weighted by atomic mass is 16.4. The summed E-state index contributed by atoms with van der Waals surface area (Å²) >= 11 is 0. The summed E-state index contributed by atoms with van der Waals surface area (Å²) in [6.07, 6.45) is 1.91. The first-order valence-corrected chi connectivity index (χ1v) is 4.72. The predicted octanol–water partition coefficient (Wildman–Crippen LogP) is 1.84. The van der Waals surface area contributed by atoms with Crippen molar-refractivity contribution in [1.29, 1.82) is 0 Å². The molecule has 0 aromatic carbocycles. The first-order chi connectivity index (χ1) is 5.95. The van der Waals surface area contributed by atoms with Crippen molar-refractivity contribution in [1.82, 2.24) is 0 Å². The van der Waals surface area contributed by atoms with E-state index in [2.05, 4.69) is 19.0 Å². The Hall–Kier alpha value is -0.860. The van der Waals surface area contributed by atoms with Crippen molar-refractivity contribution in [3.63, 3.8) is 0 Å². The largest absolute Gasteiger partial charge is 0.411 e. The molecule has 0 heterocycles. The fourth-order valence-electron chi connectivity index (χ4n) is 2.94. The van der Waals surface area contributed by atoms with E-state index in [1.54, 1.807) is 0 Å². The van der Waals surface area contributed by atoms with Crippen LogP contribution >= 0.6 is 0 Å². The molecule has 0 saturated heterocycles. The quantitative estimate of drug-likeness (QED) is 0.458. The van der Waals surface area contributed by atoms with Crippen molar-refractivity contribution in [3.8, 4) is 0 Å². The molecular weight excluding hydrogens is 166 g/mol. The van der Waals surface area contributed by atoms with Crippen LogP contribution in [0.15, 0.2) is 5.16 Å². The molecule has 0 aromatic heterocycles. The number of carbonyl (C=O) groups excluding carboxylic acids is 1. The lowest BCUT2D eigenvalue weighted by atomic mass is 9.70. The van der Waals surface area contributed by atoms with E-state index in [0.29, 0.717) is 5.71 Å². The maximum atomic E-state index is 11.8. The number of ketones is 1. The van der Waals surface area contributed by atoms with Crippen molar-refractivity contribution in [2.24, 2.45) is 21.9 Å². The van der Waals surface area contributed by atoms with Gasteiger partial charge in [0.1, 0.15) is 5.71 Å². The fourth-order valence-corrected chi connectivity index (χ4v) is 2.94. The molecule has 2 aliphatic carbocycles. The molecule has 2 bridgehead atoms. The molecule has 1 N–H and O–H groups in total. The molecule has 0 spiro atoms. The molecule has 2 atom stereocenters. The molecule has 0 aromatic rings. The lowest BCUT2D eigenvalue weighted by Gasteiger charge is -2.31. The molecule has 0 unspecified atom stereocenters. The second-order valence-electron chi connectivity index (χ2n) is 4.96.